The maximum Gasteiger partial charge on any atom is 0.230 e. The Morgan fingerprint density at radius 3 is 2.59 bits per heavy atom. The Morgan fingerprint density at radius 1 is 1.47 bits per heavy atom. The number of carbonyl (C=O) groups excluding carboxylic acids is 1. The number of hydrogen-bond acceptors (Lipinski definition) is 4. The maximum atomic E-state index is 11.7. The van der Waals surface area contributed by atoms with Gasteiger partial charge in [0.15, 0.2) is 5.13 Å². The number of amides is 1. The minimum Gasteiger partial charge on any atom is -0.319 e. The average Bonchev–Trinajstić information content (AvgIpc) is 2.66. The third-order valence-corrected chi connectivity index (χ3v) is 3.49. The van der Waals surface area contributed by atoms with Crippen LogP contribution in [-0.4, -0.2) is 24.5 Å². The lowest BCUT2D eigenvalue weighted by atomic mass is 10.2. The van der Waals surface area contributed by atoms with Crippen molar-refractivity contribution < 1.29 is 4.79 Å². The third kappa shape index (κ3) is 5.02. The molecule has 4 nitrogen and oxygen atoms in total. The summed E-state index contributed by atoms with van der Waals surface area (Å²) < 4.78 is 0. The number of anilines is 1. The van der Waals surface area contributed by atoms with Gasteiger partial charge in [-0.3, -0.25) is 4.79 Å². The third-order valence-electron chi connectivity index (χ3n) is 2.28. The van der Waals surface area contributed by atoms with Crippen molar-refractivity contribution in [3.8, 4) is 0 Å². The van der Waals surface area contributed by atoms with Gasteiger partial charge in [0.2, 0.25) is 5.91 Å². The molecule has 2 N–H and O–H groups in total. The van der Waals surface area contributed by atoms with Crippen LogP contribution in [0.1, 0.15) is 31.6 Å². The second kappa shape index (κ2) is 7.63. The molecule has 0 aromatic carbocycles. The molecule has 0 aliphatic rings. The molecule has 6 heteroatoms. The predicted molar refractivity (Wildman–Crippen MR) is 75.2 cm³/mol. The van der Waals surface area contributed by atoms with Crippen molar-refractivity contribution in [1.82, 2.24) is 10.3 Å². The monoisotopic (exact) mass is 277 g/mol. The van der Waals surface area contributed by atoms with Crippen LogP contribution in [-0.2, 0) is 4.79 Å². The second-order valence-electron chi connectivity index (χ2n) is 4.17. The SMILES string of the molecule is CNCC(C)C(=O)Nc1ncc(C(C)C)s1.Cl. The molecule has 0 radical (unpaired) electrons. The number of halogens is 1. The van der Waals surface area contributed by atoms with Crippen LogP contribution >= 0.6 is 23.7 Å². The highest BCUT2D eigenvalue weighted by molar-refractivity contribution is 7.15. The van der Waals surface area contributed by atoms with E-state index in [1.54, 1.807) is 11.3 Å². The Labute approximate surface area is 113 Å². The van der Waals surface area contributed by atoms with Crippen molar-refractivity contribution in [1.29, 1.82) is 0 Å². The first-order valence-electron chi connectivity index (χ1n) is 5.45. The number of nitrogens with one attached hydrogen (secondary N) is 2. The molecule has 1 rings (SSSR count). The minimum absolute atomic E-state index is 0. The van der Waals surface area contributed by atoms with E-state index in [0.29, 0.717) is 17.6 Å². The van der Waals surface area contributed by atoms with Crippen LogP contribution in [0.4, 0.5) is 5.13 Å². The van der Waals surface area contributed by atoms with E-state index < -0.39 is 0 Å². The van der Waals surface area contributed by atoms with Crippen molar-refractivity contribution in [2.45, 2.75) is 26.7 Å². The van der Waals surface area contributed by atoms with Gasteiger partial charge in [0.05, 0.1) is 0 Å². The first-order chi connectivity index (χ1) is 7.54. The Kier molecular flexibility index (Phi) is 7.34. The molecule has 1 heterocycles. The number of thiazole rings is 1. The van der Waals surface area contributed by atoms with Crippen LogP contribution in [0.2, 0.25) is 0 Å². The number of rotatable bonds is 5. The van der Waals surface area contributed by atoms with Gasteiger partial charge in [0, 0.05) is 23.5 Å². The van der Waals surface area contributed by atoms with E-state index >= 15 is 0 Å². The fraction of sp³-hybridized carbons (Fsp3) is 0.636. The van der Waals surface area contributed by atoms with Gasteiger partial charge in [-0.05, 0) is 13.0 Å². The lowest BCUT2D eigenvalue weighted by molar-refractivity contribution is -0.119. The van der Waals surface area contributed by atoms with Crippen LogP contribution in [0.15, 0.2) is 6.20 Å². The minimum atomic E-state index is -0.0450. The molecule has 1 aromatic heterocycles. The Hall–Kier alpha value is -0.650. The normalized spacial score (nSPS) is 12.1. The van der Waals surface area contributed by atoms with Crippen LogP contribution in [0.25, 0.3) is 0 Å². The van der Waals surface area contributed by atoms with Gasteiger partial charge in [-0.1, -0.05) is 20.8 Å². The van der Waals surface area contributed by atoms with Gasteiger partial charge in [0.1, 0.15) is 0 Å². The quantitative estimate of drug-likeness (QED) is 0.869. The molecule has 1 amide bonds. The summed E-state index contributed by atoms with van der Waals surface area (Å²) in [5.74, 6) is 0.424. The van der Waals surface area contributed by atoms with E-state index in [-0.39, 0.29) is 24.2 Å². The molecule has 0 fully saturated rings. The summed E-state index contributed by atoms with van der Waals surface area (Å²) in [6.45, 7) is 6.79. The summed E-state index contributed by atoms with van der Waals surface area (Å²) in [5, 5.41) is 6.50. The van der Waals surface area contributed by atoms with Gasteiger partial charge >= 0.3 is 0 Å². The molecule has 0 aliphatic heterocycles. The first kappa shape index (κ1) is 16.4. The Morgan fingerprint density at radius 2 is 2.12 bits per heavy atom. The highest BCUT2D eigenvalue weighted by atomic mass is 35.5. The fourth-order valence-electron chi connectivity index (χ4n) is 1.24. The van der Waals surface area contributed by atoms with Crippen LogP contribution in [0.5, 0.6) is 0 Å². The number of carbonyl (C=O) groups is 1. The zero-order valence-corrected chi connectivity index (χ0v) is 12.2. The van der Waals surface area contributed by atoms with Gasteiger partial charge in [0.25, 0.3) is 0 Å². The molecule has 0 saturated carbocycles. The number of nitrogens with zero attached hydrogens (tertiary/aromatic N) is 1. The molecule has 1 unspecified atom stereocenters. The lowest BCUT2D eigenvalue weighted by Crippen LogP contribution is -2.28. The summed E-state index contributed by atoms with van der Waals surface area (Å²) in [4.78, 5) is 17.1. The summed E-state index contributed by atoms with van der Waals surface area (Å²) >= 11 is 1.54. The first-order valence-corrected chi connectivity index (χ1v) is 6.27. The van der Waals surface area contributed by atoms with Gasteiger partial charge in [-0.15, -0.1) is 23.7 Å². The Balaban J connectivity index is 0.00000256. The van der Waals surface area contributed by atoms with E-state index in [1.807, 2.05) is 20.2 Å². The summed E-state index contributed by atoms with van der Waals surface area (Å²) in [6, 6.07) is 0. The van der Waals surface area contributed by atoms with Crippen LogP contribution in [0.3, 0.4) is 0 Å². The number of aromatic nitrogens is 1. The summed E-state index contributed by atoms with van der Waals surface area (Å²) in [6.07, 6.45) is 1.83. The maximum absolute atomic E-state index is 11.7. The van der Waals surface area contributed by atoms with Crippen molar-refractivity contribution in [2.75, 3.05) is 18.9 Å². The highest BCUT2D eigenvalue weighted by Crippen LogP contribution is 2.25. The molecule has 0 spiro atoms. The zero-order valence-electron chi connectivity index (χ0n) is 10.6. The Bertz CT molecular complexity index is 354. The molecule has 0 aliphatic carbocycles. The average molecular weight is 278 g/mol. The fourth-order valence-corrected chi connectivity index (χ4v) is 2.06. The van der Waals surface area contributed by atoms with Gasteiger partial charge < -0.3 is 10.6 Å². The smallest absolute Gasteiger partial charge is 0.230 e. The highest BCUT2D eigenvalue weighted by Gasteiger charge is 2.14. The van der Waals surface area contributed by atoms with Crippen LogP contribution in [0, 0.1) is 5.92 Å². The molecular weight excluding hydrogens is 258 g/mol. The second-order valence-corrected chi connectivity index (χ2v) is 5.23. The molecule has 1 aromatic rings. The van der Waals surface area contributed by atoms with E-state index in [1.165, 1.54) is 4.88 Å². The van der Waals surface area contributed by atoms with Crippen LogP contribution < -0.4 is 10.6 Å². The van der Waals surface area contributed by atoms with Gasteiger partial charge in [-0.25, -0.2) is 4.98 Å². The number of hydrogen-bond donors (Lipinski definition) is 2. The standard InChI is InChI=1S/C11H19N3OS.ClH/c1-7(2)9-6-13-11(16-9)14-10(15)8(3)5-12-4;/h6-8,12H,5H2,1-4H3,(H,13,14,15);1H. The predicted octanol–water partition coefficient (Wildman–Crippen LogP) is 2.48. The summed E-state index contributed by atoms with van der Waals surface area (Å²) in [7, 11) is 1.84. The topological polar surface area (TPSA) is 54.0 Å². The lowest BCUT2D eigenvalue weighted by Gasteiger charge is -2.09. The van der Waals surface area contributed by atoms with Crippen molar-refractivity contribution >= 4 is 34.8 Å². The summed E-state index contributed by atoms with van der Waals surface area (Å²) in [5.41, 5.74) is 0. The van der Waals surface area contributed by atoms with Crippen molar-refractivity contribution in [3.05, 3.63) is 11.1 Å². The largest absolute Gasteiger partial charge is 0.319 e. The van der Waals surface area contributed by atoms with E-state index in [4.69, 9.17) is 0 Å². The molecule has 0 saturated heterocycles. The zero-order chi connectivity index (χ0) is 12.1. The molecule has 0 bridgehead atoms. The van der Waals surface area contributed by atoms with E-state index in [9.17, 15) is 4.79 Å². The van der Waals surface area contributed by atoms with Crippen molar-refractivity contribution in [2.24, 2.45) is 5.92 Å². The van der Waals surface area contributed by atoms with E-state index in [0.717, 1.165) is 0 Å². The molecule has 98 valence electrons. The van der Waals surface area contributed by atoms with E-state index in [2.05, 4.69) is 29.5 Å². The molecular formula is C11H20ClN3OS. The van der Waals surface area contributed by atoms with Gasteiger partial charge in [-0.2, -0.15) is 0 Å². The molecule has 17 heavy (non-hydrogen) atoms. The van der Waals surface area contributed by atoms with Crippen molar-refractivity contribution in [3.63, 3.8) is 0 Å². The molecule has 1 atom stereocenters.